The van der Waals surface area contributed by atoms with Crippen LogP contribution in [0.25, 0.3) is 11.3 Å². The molecule has 3 rings (SSSR count). The van der Waals surface area contributed by atoms with Gasteiger partial charge in [-0.3, -0.25) is 15.1 Å². The maximum Gasteiger partial charge on any atom is 0.338 e. The van der Waals surface area contributed by atoms with Crippen LogP contribution in [0.5, 0.6) is 0 Å². The lowest BCUT2D eigenvalue weighted by molar-refractivity contribution is -0.385. The number of benzene rings is 1. The molecule has 0 atom stereocenters. The van der Waals surface area contributed by atoms with Gasteiger partial charge < -0.3 is 10.3 Å². The summed E-state index contributed by atoms with van der Waals surface area (Å²) in [7, 11) is 1.50. The molecule has 0 bridgehead atoms. The normalized spacial score (nSPS) is 10.6. The Labute approximate surface area is 174 Å². The average molecular weight is 437 g/mol. The number of hydrogen-bond donors (Lipinski definition) is 1. The van der Waals surface area contributed by atoms with E-state index in [0.29, 0.717) is 15.6 Å². The van der Waals surface area contributed by atoms with E-state index in [-0.39, 0.29) is 28.6 Å². The predicted molar refractivity (Wildman–Crippen MR) is 108 cm³/mol. The summed E-state index contributed by atoms with van der Waals surface area (Å²) < 4.78 is 5.27. The largest absolute Gasteiger partial charge is 0.359 e. The van der Waals surface area contributed by atoms with Gasteiger partial charge in [0.05, 0.1) is 15.0 Å². The van der Waals surface area contributed by atoms with E-state index in [1.165, 1.54) is 24.2 Å². The lowest BCUT2D eigenvalue weighted by atomic mass is 10.1. The molecule has 2 amide bonds. The molecule has 0 fully saturated rings. The molecule has 2 aromatic heterocycles. The second-order valence-corrected chi connectivity index (χ2v) is 6.65. The number of primary amides is 1. The summed E-state index contributed by atoms with van der Waals surface area (Å²) in [5, 5.41) is 17.8. The first-order chi connectivity index (χ1) is 13.7. The number of aryl methyl sites for hydroxylation is 1. The van der Waals surface area contributed by atoms with E-state index >= 15 is 0 Å². The van der Waals surface area contributed by atoms with E-state index < -0.39 is 11.0 Å². The molecule has 0 saturated heterocycles. The van der Waals surface area contributed by atoms with E-state index in [9.17, 15) is 14.9 Å². The smallest absolute Gasteiger partial charge is 0.338 e. The summed E-state index contributed by atoms with van der Waals surface area (Å²) in [4.78, 5) is 26.6. The summed E-state index contributed by atoms with van der Waals surface area (Å²) in [6.07, 6.45) is 1.07. The zero-order valence-corrected chi connectivity index (χ0v) is 16.7. The number of hydrazine groups is 1. The third-order valence-corrected chi connectivity index (χ3v) is 4.66. The molecule has 0 spiro atoms. The number of anilines is 2. The molecule has 0 saturated carbocycles. The lowest BCUT2D eigenvalue weighted by Crippen LogP contribution is -2.48. The Morgan fingerprint density at radius 3 is 2.41 bits per heavy atom. The minimum Gasteiger partial charge on any atom is -0.359 e. The van der Waals surface area contributed by atoms with Crippen LogP contribution in [0.1, 0.15) is 5.76 Å². The minimum absolute atomic E-state index is 0.197. The van der Waals surface area contributed by atoms with Crippen molar-refractivity contribution in [2.24, 2.45) is 5.73 Å². The van der Waals surface area contributed by atoms with Crippen molar-refractivity contribution in [3.8, 4) is 11.3 Å². The Bertz CT molecular complexity index is 1070. The molecule has 2 N–H and O–H groups in total. The van der Waals surface area contributed by atoms with Crippen LogP contribution in [0.3, 0.4) is 0 Å². The Morgan fingerprint density at radius 1 is 1.24 bits per heavy atom. The van der Waals surface area contributed by atoms with E-state index in [1.807, 2.05) is 0 Å². The number of aromatic nitrogens is 2. The van der Waals surface area contributed by atoms with Crippen LogP contribution in [-0.2, 0) is 0 Å². The molecule has 150 valence electrons. The van der Waals surface area contributed by atoms with Gasteiger partial charge in [-0.15, -0.1) is 0 Å². The predicted octanol–water partition coefficient (Wildman–Crippen LogP) is 4.20. The molecular formula is C17H14Cl2N6O4. The minimum atomic E-state index is -0.872. The molecule has 0 aliphatic carbocycles. The molecule has 2 heterocycles. The Hall–Kier alpha value is -3.37. The standard InChI is InChI=1S/C17H14Cl2N6O4/c1-9-16(15(22-29-9)14-11(18)4-3-5-12(14)19)24(17(20)26)23(2)13-7-6-10(8-21-13)25(27)28/h3-8H,1-2H3,(H2,20,26). The van der Waals surface area contributed by atoms with Gasteiger partial charge in [-0.05, 0) is 25.1 Å². The second-order valence-electron chi connectivity index (χ2n) is 5.84. The number of amides is 2. The van der Waals surface area contributed by atoms with Crippen molar-refractivity contribution in [1.29, 1.82) is 0 Å². The molecule has 3 aromatic rings. The average Bonchev–Trinajstić information content (AvgIpc) is 3.02. The Balaban J connectivity index is 2.12. The second kappa shape index (κ2) is 7.94. The van der Waals surface area contributed by atoms with Crippen LogP contribution >= 0.6 is 23.2 Å². The number of carbonyl (C=O) groups is 1. The van der Waals surface area contributed by atoms with Gasteiger partial charge in [0.15, 0.2) is 5.76 Å². The first-order valence-electron chi connectivity index (χ1n) is 8.06. The third-order valence-electron chi connectivity index (χ3n) is 4.03. The molecule has 0 aliphatic heterocycles. The molecule has 12 heteroatoms. The van der Waals surface area contributed by atoms with Crippen molar-refractivity contribution >= 4 is 46.4 Å². The van der Waals surface area contributed by atoms with E-state index in [4.69, 9.17) is 33.5 Å². The maximum atomic E-state index is 12.3. The Kier molecular flexibility index (Phi) is 5.57. The zero-order valence-electron chi connectivity index (χ0n) is 15.2. The zero-order chi connectivity index (χ0) is 21.3. The number of nitrogens with zero attached hydrogens (tertiary/aromatic N) is 5. The van der Waals surface area contributed by atoms with E-state index in [2.05, 4.69) is 10.1 Å². The fourth-order valence-electron chi connectivity index (χ4n) is 2.69. The highest BCUT2D eigenvalue weighted by Gasteiger charge is 2.30. The molecule has 0 aliphatic rings. The first kappa shape index (κ1) is 20.4. The van der Waals surface area contributed by atoms with Crippen LogP contribution in [0, 0.1) is 17.0 Å². The van der Waals surface area contributed by atoms with E-state index in [1.54, 1.807) is 25.1 Å². The van der Waals surface area contributed by atoms with Gasteiger partial charge in [0.25, 0.3) is 5.69 Å². The SMILES string of the molecule is Cc1onc(-c2c(Cl)cccc2Cl)c1N(C(N)=O)N(C)c1ccc([N+](=O)[O-])cn1. The summed E-state index contributed by atoms with van der Waals surface area (Å²) >= 11 is 12.6. The highest BCUT2D eigenvalue weighted by molar-refractivity contribution is 6.39. The molecule has 29 heavy (non-hydrogen) atoms. The van der Waals surface area contributed by atoms with Crippen molar-refractivity contribution in [3.63, 3.8) is 0 Å². The van der Waals surface area contributed by atoms with Gasteiger partial charge in [-0.1, -0.05) is 34.4 Å². The van der Waals surface area contributed by atoms with Gasteiger partial charge >= 0.3 is 6.03 Å². The molecular weight excluding hydrogens is 423 g/mol. The highest BCUT2D eigenvalue weighted by Crippen LogP contribution is 2.41. The maximum absolute atomic E-state index is 12.3. The van der Waals surface area contributed by atoms with Crippen molar-refractivity contribution in [3.05, 3.63) is 62.4 Å². The van der Waals surface area contributed by atoms with Crippen molar-refractivity contribution in [1.82, 2.24) is 10.1 Å². The number of rotatable bonds is 5. The van der Waals surface area contributed by atoms with Gasteiger partial charge in [0, 0.05) is 18.7 Å². The number of pyridine rings is 1. The van der Waals surface area contributed by atoms with Crippen LogP contribution in [0.4, 0.5) is 22.0 Å². The number of urea groups is 1. The summed E-state index contributed by atoms with van der Waals surface area (Å²) in [6.45, 7) is 1.59. The topological polar surface area (TPSA) is 132 Å². The van der Waals surface area contributed by atoms with Gasteiger partial charge in [-0.2, -0.15) is 5.01 Å². The van der Waals surface area contributed by atoms with Crippen molar-refractivity contribution in [2.45, 2.75) is 6.92 Å². The van der Waals surface area contributed by atoms with Crippen LogP contribution < -0.4 is 15.8 Å². The third kappa shape index (κ3) is 3.80. The van der Waals surface area contributed by atoms with Gasteiger partial charge in [0.2, 0.25) is 0 Å². The quantitative estimate of drug-likeness (QED) is 0.467. The van der Waals surface area contributed by atoms with Crippen molar-refractivity contribution in [2.75, 3.05) is 17.1 Å². The molecule has 10 nitrogen and oxygen atoms in total. The fourth-order valence-corrected chi connectivity index (χ4v) is 3.27. The summed E-state index contributed by atoms with van der Waals surface area (Å²) in [5.41, 5.74) is 6.18. The van der Waals surface area contributed by atoms with Crippen molar-refractivity contribution < 1.29 is 14.2 Å². The number of nitro groups is 1. The lowest BCUT2D eigenvalue weighted by Gasteiger charge is -2.30. The van der Waals surface area contributed by atoms with Gasteiger partial charge in [0.1, 0.15) is 23.4 Å². The summed E-state index contributed by atoms with van der Waals surface area (Å²) in [6, 6.07) is 6.66. The highest BCUT2D eigenvalue weighted by atomic mass is 35.5. The molecule has 0 radical (unpaired) electrons. The Morgan fingerprint density at radius 2 is 1.90 bits per heavy atom. The monoisotopic (exact) mass is 436 g/mol. The van der Waals surface area contributed by atoms with Crippen LogP contribution in [0.2, 0.25) is 10.0 Å². The molecule has 0 unspecified atom stereocenters. The number of nitrogens with two attached hydrogens (primary N) is 1. The molecule has 1 aromatic carbocycles. The number of halogens is 2. The number of carbonyl (C=O) groups excluding carboxylic acids is 1. The van der Waals surface area contributed by atoms with Crippen LogP contribution in [-0.4, -0.2) is 28.1 Å². The van der Waals surface area contributed by atoms with Gasteiger partial charge in [-0.25, -0.2) is 9.78 Å². The van der Waals surface area contributed by atoms with E-state index in [0.717, 1.165) is 11.2 Å². The summed E-state index contributed by atoms with van der Waals surface area (Å²) in [5.74, 6) is 0.481. The number of hydrogen-bond acceptors (Lipinski definition) is 7. The van der Waals surface area contributed by atoms with Crippen LogP contribution in [0.15, 0.2) is 41.1 Å². The fraction of sp³-hybridized carbons (Fsp3) is 0.118. The first-order valence-corrected chi connectivity index (χ1v) is 8.82.